The summed E-state index contributed by atoms with van der Waals surface area (Å²) in [6.45, 7) is 7.68. The monoisotopic (exact) mass is 289 g/mol. The van der Waals surface area contributed by atoms with Gasteiger partial charge in [-0.25, -0.2) is 9.37 Å². The van der Waals surface area contributed by atoms with Gasteiger partial charge >= 0.3 is 0 Å². The molecule has 0 bridgehead atoms. The number of aryl methyl sites for hydroxylation is 2. The summed E-state index contributed by atoms with van der Waals surface area (Å²) >= 11 is 1.65. The van der Waals surface area contributed by atoms with Crippen molar-refractivity contribution in [3.8, 4) is 6.07 Å². The topological polar surface area (TPSA) is 48.7 Å². The van der Waals surface area contributed by atoms with E-state index in [1.807, 2.05) is 26.8 Å². The number of anilines is 1. The van der Waals surface area contributed by atoms with Gasteiger partial charge in [0.25, 0.3) is 0 Å². The highest BCUT2D eigenvalue weighted by Crippen LogP contribution is 2.28. The average molecular weight is 289 g/mol. The van der Waals surface area contributed by atoms with Crippen LogP contribution in [0.1, 0.15) is 39.7 Å². The summed E-state index contributed by atoms with van der Waals surface area (Å²) in [6.07, 6.45) is 0. The van der Waals surface area contributed by atoms with Gasteiger partial charge in [0.1, 0.15) is 5.82 Å². The first kappa shape index (κ1) is 14.5. The number of hydrogen-bond acceptors (Lipinski definition) is 4. The minimum absolute atomic E-state index is 0.0352. The van der Waals surface area contributed by atoms with Gasteiger partial charge in [-0.1, -0.05) is 0 Å². The molecule has 0 aliphatic heterocycles. The van der Waals surface area contributed by atoms with Gasteiger partial charge in [-0.2, -0.15) is 5.26 Å². The predicted molar refractivity (Wildman–Crippen MR) is 79.5 cm³/mol. The average Bonchev–Trinajstić information content (AvgIpc) is 2.73. The van der Waals surface area contributed by atoms with E-state index in [1.165, 1.54) is 6.07 Å². The van der Waals surface area contributed by atoms with Crippen LogP contribution < -0.4 is 5.32 Å². The summed E-state index contributed by atoms with van der Waals surface area (Å²) in [6, 6.07) is 4.86. The van der Waals surface area contributed by atoms with Crippen LogP contribution in [0.25, 0.3) is 0 Å². The molecule has 0 amide bonds. The van der Waals surface area contributed by atoms with Crippen molar-refractivity contribution in [2.45, 2.75) is 33.7 Å². The Labute approximate surface area is 122 Å². The molecular weight excluding hydrogens is 273 g/mol. The van der Waals surface area contributed by atoms with Crippen LogP contribution in [-0.2, 0) is 0 Å². The highest BCUT2D eigenvalue weighted by molar-refractivity contribution is 7.11. The lowest BCUT2D eigenvalue weighted by Crippen LogP contribution is -2.10. The molecule has 1 atom stereocenters. The number of rotatable bonds is 3. The number of nitriles is 1. The molecule has 0 aliphatic rings. The fraction of sp³-hybridized carbons (Fsp3) is 0.333. The summed E-state index contributed by atoms with van der Waals surface area (Å²) in [4.78, 5) is 5.65. The molecule has 20 heavy (non-hydrogen) atoms. The van der Waals surface area contributed by atoms with E-state index < -0.39 is 0 Å². The smallest absolute Gasteiger partial charge is 0.129 e. The molecule has 0 spiro atoms. The van der Waals surface area contributed by atoms with E-state index in [-0.39, 0.29) is 11.9 Å². The molecule has 1 N–H and O–H groups in total. The van der Waals surface area contributed by atoms with E-state index in [4.69, 9.17) is 5.26 Å². The Morgan fingerprint density at radius 3 is 2.60 bits per heavy atom. The molecule has 1 heterocycles. The first-order valence-corrected chi connectivity index (χ1v) is 7.14. The molecule has 0 radical (unpaired) electrons. The molecule has 3 nitrogen and oxygen atoms in total. The summed E-state index contributed by atoms with van der Waals surface area (Å²) in [5, 5.41) is 13.2. The van der Waals surface area contributed by atoms with Gasteiger partial charge in [0.05, 0.1) is 28.4 Å². The fourth-order valence-corrected chi connectivity index (χ4v) is 3.06. The molecule has 2 aromatic rings. The Kier molecular flexibility index (Phi) is 4.05. The van der Waals surface area contributed by atoms with Crippen molar-refractivity contribution in [2.24, 2.45) is 0 Å². The lowest BCUT2D eigenvalue weighted by molar-refractivity contribution is 0.618. The van der Waals surface area contributed by atoms with E-state index in [2.05, 4.69) is 10.3 Å². The van der Waals surface area contributed by atoms with E-state index in [1.54, 1.807) is 24.3 Å². The second-order valence-electron chi connectivity index (χ2n) is 4.78. The maximum Gasteiger partial charge on any atom is 0.129 e. The van der Waals surface area contributed by atoms with Crippen molar-refractivity contribution in [3.05, 3.63) is 44.7 Å². The summed E-state index contributed by atoms with van der Waals surface area (Å²) in [5.74, 6) is -0.370. The molecule has 0 fully saturated rings. The summed E-state index contributed by atoms with van der Waals surface area (Å²) in [7, 11) is 0. The van der Waals surface area contributed by atoms with Gasteiger partial charge < -0.3 is 5.32 Å². The molecule has 0 saturated heterocycles. The van der Waals surface area contributed by atoms with Gasteiger partial charge in [-0.05, 0) is 39.8 Å². The van der Waals surface area contributed by atoms with Crippen molar-refractivity contribution in [2.75, 3.05) is 5.32 Å². The second-order valence-corrected chi connectivity index (χ2v) is 6.19. The maximum absolute atomic E-state index is 13.8. The number of aromatic nitrogens is 1. The van der Waals surface area contributed by atoms with Gasteiger partial charge in [0, 0.05) is 16.1 Å². The zero-order valence-corrected chi connectivity index (χ0v) is 12.7. The predicted octanol–water partition coefficient (Wildman–Crippen LogP) is 4.25. The Bertz CT molecular complexity index is 685. The molecule has 1 aromatic carbocycles. The third-order valence-corrected chi connectivity index (χ3v) is 4.10. The van der Waals surface area contributed by atoms with E-state index in [9.17, 15) is 4.39 Å². The third kappa shape index (κ3) is 2.81. The van der Waals surface area contributed by atoms with Crippen LogP contribution in [0.15, 0.2) is 12.1 Å². The highest BCUT2D eigenvalue weighted by atomic mass is 32.1. The first-order valence-electron chi connectivity index (χ1n) is 6.33. The van der Waals surface area contributed by atoms with Crippen molar-refractivity contribution in [1.29, 1.82) is 5.26 Å². The van der Waals surface area contributed by atoms with Crippen LogP contribution in [0.5, 0.6) is 0 Å². The number of hydrogen-bond donors (Lipinski definition) is 1. The third-order valence-electron chi connectivity index (χ3n) is 3.19. The lowest BCUT2D eigenvalue weighted by Gasteiger charge is -2.17. The lowest BCUT2D eigenvalue weighted by atomic mass is 10.1. The Hall–Kier alpha value is -1.93. The molecule has 1 unspecified atom stereocenters. The first-order chi connectivity index (χ1) is 9.42. The molecular formula is C15H16FN3S. The van der Waals surface area contributed by atoms with Crippen molar-refractivity contribution >= 4 is 17.0 Å². The Morgan fingerprint density at radius 1 is 1.35 bits per heavy atom. The Morgan fingerprint density at radius 2 is 2.05 bits per heavy atom. The minimum atomic E-state index is -0.370. The number of benzene rings is 1. The van der Waals surface area contributed by atoms with Crippen LogP contribution >= 0.6 is 11.3 Å². The van der Waals surface area contributed by atoms with Gasteiger partial charge in [-0.15, -0.1) is 11.3 Å². The van der Waals surface area contributed by atoms with Crippen LogP contribution in [-0.4, -0.2) is 4.98 Å². The van der Waals surface area contributed by atoms with E-state index in [0.717, 1.165) is 15.6 Å². The summed E-state index contributed by atoms with van der Waals surface area (Å²) < 4.78 is 13.8. The Balaban J connectivity index is 2.33. The van der Waals surface area contributed by atoms with Crippen LogP contribution in [0.4, 0.5) is 10.1 Å². The highest BCUT2D eigenvalue weighted by Gasteiger charge is 2.15. The van der Waals surface area contributed by atoms with Crippen molar-refractivity contribution < 1.29 is 4.39 Å². The molecule has 1 aromatic heterocycles. The molecule has 5 heteroatoms. The van der Waals surface area contributed by atoms with E-state index in [0.29, 0.717) is 16.8 Å². The zero-order valence-electron chi connectivity index (χ0n) is 11.9. The number of nitrogens with one attached hydrogen (secondary N) is 1. The van der Waals surface area contributed by atoms with Crippen LogP contribution in [0, 0.1) is 37.9 Å². The molecule has 0 saturated carbocycles. The zero-order chi connectivity index (χ0) is 14.9. The quantitative estimate of drug-likeness (QED) is 0.918. The number of nitrogens with zero attached hydrogens (tertiary/aromatic N) is 2. The van der Waals surface area contributed by atoms with E-state index >= 15 is 0 Å². The molecule has 104 valence electrons. The molecule has 2 rings (SSSR count). The SMILES string of the molecule is Cc1nc(C(C)Nc2cc(C#N)cc(F)c2C)c(C)s1. The normalized spacial score (nSPS) is 12.0. The largest absolute Gasteiger partial charge is 0.377 e. The van der Waals surface area contributed by atoms with Gasteiger partial charge in [0.2, 0.25) is 0 Å². The van der Waals surface area contributed by atoms with Crippen molar-refractivity contribution in [1.82, 2.24) is 4.98 Å². The second kappa shape index (κ2) is 5.59. The minimum Gasteiger partial charge on any atom is -0.377 e. The van der Waals surface area contributed by atoms with Gasteiger partial charge in [-0.3, -0.25) is 0 Å². The number of thiazole rings is 1. The fourth-order valence-electron chi connectivity index (χ4n) is 2.14. The maximum atomic E-state index is 13.8. The van der Waals surface area contributed by atoms with Gasteiger partial charge in [0.15, 0.2) is 0 Å². The number of halogens is 1. The summed E-state index contributed by atoms with van der Waals surface area (Å²) in [5.41, 5.74) is 2.43. The molecule has 0 aliphatic carbocycles. The van der Waals surface area contributed by atoms with Crippen molar-refractivity contribution in [3.63, 3.8) is 0 Å². The standard InChI is InChI=1S/C15H16FN3S/c1-8-13(16)5-12(7-17)6-14(8)18-9(2)15-10(3)20-11(4)19-15/h5-6,9,18H,1-4H3. The van der Waals surface area contributed by atoms with Crippen LogP contribution in [0.2, 0.25) is 0 Å². The van der Waals surface area contributed by atoms with Crippen LogP contribution in [0.3, 0.4) is 0 Å².